The summed E-state index contributed by atoms with van der Waals surface area (Å²) in [5.74, 6) is 0. The molecule has 0 aliphatic heterocycles. The molecular formula is C15H28O2. The average molecular weight is 240 g/mol. The van der Waals surface area contributed by atoms with Gasteiger partial charge in [-0.15, -0.1) is 0 Å². The van der Waals surface area contributed by atoms with E-state index < -0.39 is 0 Å². The first-order valence-corrected chi connectivity index (χ1v) is 6.50. The molecule has 0 radical (unpaired) electrons. The molecule has 17 heavy (non-hydrogen) atoms. The molecule has 0 amide bonds. The number of ether oxygens (including phenoxy) is 2. The molecule has 0 heterocycles. The van der Waals surface area contributed by atoms with Crippen molar-refractivity contribution in [2.45, 2.75) is 59.2 Å². The minimum absolute atomic E-state index is 0.0683. The lowest BCUT2D eigenvalue weighted by atomic mass is 10.1. The second-order valence-electron chi connectivity index (χ2n) is 4.47. The van der Waals surface area contributed by atoms with Crippen LogP contribution in [0.3, 0.4) is 0 Å². The molecule has 0 saturated heterocycles. The lowest BCUT2D eigenvalue weighted by Gasteiger charge is -2.11. The maximum absolute atomic E-state index is 5.15. The largest absolute Gasteiger partial charge is 0.356 e. The van der Waals surface area contributed by atoms with Gasteiger partial charge >= 0.3 is 0 Å². The number of rotatable bonds is 9. The fraction of sp³-hybridized carbons (Fsp3) is 0.733. The molecule has 0 aromatic heterocycles. The van der Waals surface area contributed by atoms with Crippen molar-refractivity contribution >= 4 is 0 Å². The van der Waals surface area contributed by atoms with E-state index in [-0.39, 0.29) is 6.29 Å². The maximum Gasteiger partial charge on any atom is 0.157 e. The van der Waals surface area contributed by atoms with E-state index in [9.17, 15) is 0 Å². The molecular weight excluding hydrogens is 212 g/mol. The molecule has 0 rings (SSSR count). The van der Waals surface area contributed by atoms with Gasteiger partial charge in [-0.25, -0.2) is 0 Å². The summed E-state index contributed by atoms with van der Waals surface area (Å²) >= 11 is 0. The summed E-state index contributed by atoms with van der Waals surface area (Å²) in [5.41, 5.74) is 2.94. The maximum atomic E-state index is 5.15. The highest BCUT2D eigenvalue weighted by Crippen LogP contribution is 2.11. The van der Waals surface area contributed by atoms with E-state index in [1.807, 2.05) is 0 Å². The van der Waals surface area contributed by atoms with E-state index in [4.69, 9.17) is 9.47 Å². The van der Waals surface area contributed by atoms with Gasteiger partial charge in [-0.05, 0) is 39.5 Å². The first-order chi connectivity index (χ1) is 8.13. The SMILES string of the molecule is CC/C(C)=C/CC/C(C)=C/CCC(OC)OC. The fourth-order valence-electron chi connectivity index (χ4n) is 1.59. The van der Waals surface area contributed by atoms with Crippen molar-refractivity contribution in [1.29, 1.82) is 0 Å². The highest BCUT2D eigenvalue weighted by molar-refractivity contribution is 5.03. The van der Waals surface area contributed by atoms with Gasteiger partial charge in [0.15, 0.2) is 6.29 Å². The molecule has 0 bridgehead atoms. The minimum Gasteiger partial charge on any atom is -0.356 e. The third-order valence-electron chi connectivity index (χ3n) is 3.01. The Balaban J connectivity index is 3.79. The normalized spacial score (nSPS) is 13.5. The van der Waals surface area contributed by atoms with Crippen molar-refractivity contribution in [2.24, 2.45) is 0 Å². The summed E-state index contributed by atoms with van der Waals surface area (Å²) in [6, 6.07) is 0. The van der Waals surface area contributed by atoms with Gasteiger partial charge in [0, 0.05) is 20.6 Å². The molecule has 0 aromatic rings. The molecule has 2 heteroatoms. The highest BCUT2D eigenvalue weighted by atomic mass is 16.7. The molecule has 2 nitrogen and oxygen atoms in total. The number of hydrogen-bond acceptors (Lipinski definition) is 2. The molecule has 0 spiro atoms. The lowest BCUT2D eigenvalue weighted by Crippen LogP contribution is -2.11. The van der Waals surface area contributed by atoms with Gasteiger partial charge in [-0.2, -0.15) is 0 Å². The first kappa shape index (κ1) is 16.4. The molecule has 0 unspecified atom stereocenters. The van der Waals surface area contributed by atoms with Gasteiger partial charge in [0.1, 0.15) is 0 Å². The van der Waals surface area contributed by atoms with Crippen molar-refractivity contribution < 1.29 is 9.47 Å². The number of allylic oxidation sites excluding steroid dienone is 4. The second-order valence-corrected chi connectivity index (χ2v) is 4.47. The number of hydrogen-bond donors (Lipinski definition) is 0. The summed E-state index contributed by atoms with van der Waals surface area (Å²) in [7, 11) is 3.37. The van der Waals surface area contributed by atoms with E-state index in [0.29, 0.717) is 0 Å². The van der Waals surface area contributed by atoms with Crippen LogP contribution in [0.2, 0.25) is 0 Å². The number of methoxy groups -OCH3 is 2. The second kappa shape index (κ2) is 10.5. The van der Waals surface area contributed by atoms with Crippen molar-refractivity contribution in [1.82, 2.24) is 0 Å². The Morgan fingerprint density at radius 3 is 2.12 bits per heavy atom. The minimum atomic E-state index is -0.0683. The molecule has 0 aromatic carbocycles. The summed E-state index contributed by atoms with van der Waals surface area (Å²) in [5, 5.41) is 0. The Kier molecular flexibility index (Phi) is 10.2. The van der Waals surface area contributed by atoms with Crippen LogP contribution in [-0.2, 0) is 9.47 Å². The topological polar surface area (TPSA) is 18.5 Å². The van der Waals surface area contributed by atoms with Crippen LogP contribution in [0.1, 0.15) is 52.9 Å². The van der Waals surface area contributed by atoms with Crippen LogP contribution in [0.15, 0.2) is 23.3 Å². The highest BCUT2D eigenvalue weighted by Gasteiger charge is 2.02. The lowest BCUT2D eigenvalue weighted by molar-refractivity contribution is -0.105. The Morgan fingerprint density at radius 2 is 1.59 bits per heavy atom. The smallest absolute Gasteiger partial charge is 0.157 e. The fourth-order valence-corrected chi connectivity index (χ4v) is 1.59. The predicted octanol–water partition coefficient (Wildman–Crippen LogP) is 4.47. The monoisotopic (exact) mass is 240 g/mol. The van der Waals surface area contributed by atoms with Crippen LogP contribution in [0, 0.1) is 0 Å². The Hall–Kier alpha value is -0.600. The van der Waals surface area contributed by atoms with Crippen LogP contribution in [0.25, 0.3) is 0 Å². The Labute approximate surface area is 107 Å². The van der Waals surface area contributed by atoms with Crippen LogP contribution in [0.5, 0.6) is 0 Å². The zero-order chi connectivity index (χ0) is 13.1. The zero-order valence-electron chi connectivity index (χ0n) is 12.1. The van der Waals surface area contributed by atoms with Crippen molar-refractivity contribution in [2.75, 3.05) is 14.2 Å². The van der Waals surface area contributed by atoms with Gasteiger partial charge in [-0.3, -0.25) is 0 Å². The molecule has 0 aliphatic rings. The van der Waals surface area contributed by atoms with Gasteiger partial charge in [0.2, 0.25) is 0 Å². The predicted molar refractivity (Wildman–Crippen MR) is 74.1 cm³/mol. The third-order valence-corrected chi connectivity index (χ3v) is 3.01. The van der Waals surface area contributed by atoms with Crippen LogP contribution >= 0.6 is 0 Å². The summed E-state index contributed by atoms with van der Waals surface area (Å²) in [4.78, 5) is 0. The summed E-state index contributed by atoms with van der Waals surface area (Å²) in [6.07, 6.45) is 9.97. The quantitative estimate of drug-likeness (QED) is 0.437. The van der Waals surface area contributed by atoms with Crippen LogP contribution in [-0.4, -0.2) is 20.5 Å². The van der Waals surface area contributed by atoms with Gasteiger partial charge in [0.05, 0.1) is 0 Å². The van der Waals surface area contributed by atoms with E-state index in [1.165, 1.54) is 11.1 Å². The van der Waals surface area contributed by atoms with Crippen LogP contribution < -0.4 is 0 Å². The molecule has 0 fully saturated rings. The first-order valence-electron chi connectivity index (χ1n) is 6.50. The summed E-state index contributed by atoms with van der Waals surface area (Å²) < 4.78 is 10.3. The molecule has 0 atom stereocenters. The van der Waals surface area contributed by atoms with Crippen molar-refractivity contribution in [3.8, 4) is 0 Å². The molecule has 0 N–H and O–H groups in total. The van der Waals surface area contributed by atoms with Gasteiger partial charge < -0.3 is 9.47 Å². The van der Waals surface area contributed by atoms with E-state index in [1.54, 1.807) is 14.2 Å². The van der Waals surface area contributed by atoms with E-state index in [0.717, 1.165) is 32.1 Å². The van der Waals surface area contributed by atoms with Crippen LogP contribution in [0.4, 0.5) is 0 Å². The van der Waals surface area contributed by atoms with E-state index in [2.05, 4.69) is 32.9 Å². The molecule has 0 aliphatic carbocycles. The molecule has 100 valence electrons. The average Bonchev–Trinajstić information content (AvgIpc) is 2.34. The standard InChI is InChI=1S/C15H28O2/c1-6-13(2)9-7-10-14(3)11-8-12-15(16-4)17-5/h9,11,15H,6-8,10,12H2,1-5H3/b13-9+,14-11+. The zero-order valence-corrected chi connectivity index (χ0v) is 12.1. The summed E-state index contributed by atoms with van der Waals surface area (Å²) in [6.45, 7) is 6.59. The van der Waals surface area contributed by atoms with E-state index >= 15 is 0 Å². The molecule has 0 saturated carbocycles. The Morgan fingerprint density at radius 1 is 1.00 bits per heavy atom. The van der Waals surface area contributed by atoms with Crippen molar-refractivity contribution in [3.05, 3.63) is 23.3 Å². The van der Waals surface area contributed by atoms with Gasteiger partial charge in [0.25, 0.3) is 0 Å². The van der Waals surface area contributed by atoms with Gasteiger partial charge in [-0.1, -0.05) is 30.2 Å². The van der Waals surface area contributed by atoms with Crippen molar-refractivity contribution in [3.63, 3.8) is 0 Å². The Bertz CT molecular complexity index is 237. The third kappa shape index (κ3) is 9.13.